The van der Waals surface area contributed by atoms with E-state index < -0.39 is 11.9 Å². The lowest BCUT2D eigenvalue weighted by Crippen LogP contribution is -2.24. The van der Waals surface area contributed by atoms with E-state index in [1.807, 2.05) is 67.5 Å². The van der Waals surface area contributed by atoms with Crippen LogP contribution in [-0.2, 0) is 16.0 Å². The largest absolute Gasteiger partial charge is 0.478 e. The van der Waals surface area contributed by atoms with Gasteiger partial charge in [-0.3, -0.25) is 4.79 Å². The minimum absolute atomic E-state index is 0.234. The van der Waals surface area contributed by atoms with Gasteiger partial charge < -0.3 is 20.3 Å². The number of nitrogens with one attached hydrogen (secondary N) is 1. The highest BCUT2D eigenvalue weighted by molar-refractivity contribution is 6.00. The normalized spacial score (nSPS) is 11.2. The Morgan fingerprint density at radius 2 is 1.41 bits per heavy atom. The van der Waals surface area contributed by atoms with E-state index in [1.165, 1.54) is 0 Å². The van der Waals surface area contributed by atoms with E-state index in [4.69, 9.17) is 4.79 Å². The molecule has 0 heterocycles. The number of hydrogen-bond donors (Lipinski definition) is 3. The van der Waals surface area contributed by atoms with Crippen LogP contribution in [0.3, 0.4) is 0 Å². The second-order valence-electron chi connectivity index (χ2n) is 7.59. The van der Waals surface area contributed by atoms with Gasteiger partial charge in [0.05, 0.1) is 18.1 Å². The molecule has 6 heteroatoms. The standard InChI is InChI=1S/C27H23NO4.CH2O/c29-17-24(23-14-7-11-18-8-1-4-12-21(18)23)26(30)28-25-15-6-3-10-20(25)16-19-9-2-5-13-22(19)27(31)32;1-2/h1-15,24,29H,16-17H2,(H,28,30)(H,31,32);1H2. The second kappa shape index (κ2) is 11.5. The number of carboxylic acid groups (broad SMARTS) is 1. The van der Waals surface area contributed by atoms with Crippen LogP contribution in [0.15, 0.2) is 91.0 Å². The van der Waals surface area contributed by atoms with E-state index in [1.54, 1.807) is 30.3 Å². The number of hydrogen-bond acceptors (Lipinski definition) is 4. The summed E-state index contributed by atoms with van der Waals surface area (Å²) in [4.78, 5) is 32.8. The van der Waals surface area contributed by atoms with Gasteiger partial charge >= 0.3 is 5.97 Å². The molecule has 4 aromatic rings. The van der Waals surface area contributed by atoms with Crippen LogP contribution in [0.25, 0.3) is 10.8 Å². The molecule has 172 valence electrons. The van der Waals surface area contributed by atoms with Gasteiger partial charge in [-0.05, 0) is 39.6 Å². The van der Waals surface area contributed by atoms with E-state index in [-0.39, 0.29) is 18.1 Å². The number of aliphatic hydroxyl groups is 1. The Hall–Kier alpha value is -4.29. The SMILES string of the molecule is C=O.O=C(O)c1ccccc1Cc1ccccc1NC(=O)C(CO)c1cccc2ccccc12. The molecule has 0 radical (unpaired) electrons. The van der Waals surface area contributed by atoms with Crippen molar-refractivity contribution in [1.82, 2.24) is 0 Å². The Morgan fingerprint density at radius 1 is 0.794 bits per heavy atom. The number of aromatic carboxylic acids is 1. The minimum atomic E-state index is -0.988. The van der Waals surface area contributed by atoms with E-state index in [9.17, 15) is 19.8 Å². The summed E-state index contributed by atoms with van der Waals surface area (Å²) in [6.45, 7) is 1.67. The summed E-state index contributed by atoms with van der Waals surface area (Å²) in [5.41, 5.74) is 3.05. The molecule has 1 amide bonds. The highest BCUT2D eigenvalue weighted by atomic mass is 16.4. The average molecular weight is 456 g/mol. The number of carboxylic acids is 1. The summed E-state index contributed by atoms with van der Waals surface area (Å²) >= 11 is 0. The number of benzene rings is 4. The molecular formula is C28H25NO5. The van der Waals surface area contributed by atoms with Crippen molar-refractivity contribution in [2.75, 3.05) is 11.9 Å². The van der Waals surface area contributed by atoms with E-state index >= 15 is 0 Å². The summed E-state index contributed by atoms with van der Waals surface area (Å²) in [6.07, 6.45) is 0.358. The highest BCUT2D eigenvalue weighted by Crippen LogP contribution is 2.28. The Labute approximate surface area is 197 Å². The smallest absolute Gasteiger partial charge is 0.335 e. The molecule has 0 saturated heterocycles. The first-order chi connectivity index (χ1) is 16.6. The summed E-state index contributed by atoms with van der Waals surface area (Å²) in [6, 6.07) is 27.6. The van der Waals surface area contributed by atoms with Crippen LogP contribution in [0.4, 0.5) is 5.69 Å². The Balaban J connectivity index is 0.00000158. The van der Waals surface area contributed by atoms with Gasteiger partial charge in [-0.25, -0.2) is 4.79 Å². The summed E-state index contributed by atoms with van der Waals surface area (Å²) < 4.78 is 0. The number of amides is 1. The van der Waals surface area contributed by atoms with Crippen LogP contribution in [0.1, 0.15) is 33.0 Å². The van der Waals surface area contributed by atoms with Gasteiger partial charge in [0.1, 0.15) is 6.79 Å². The molecule has 0 aliphatic rings. The fraction of sp³-hybridized carbons (Fsp3) is 0.107. The van der Waals surface area contributed by atoms with E-state index in [0.29, 0.717) is 17.7 Å². The molecular weight excluding hydrogens is 430 g/mol. The van der Waals surface area contributed by atoms with Crippen molar-refractivity contribution in [2.45, 2.75) is 12.3 Å². The lowest BCUT2D eigenvalue weighted by molar-refractivity contribution is -0.118. The van der Waals surface area contributed by atoms with Crippen LogP contribution < -0.4 is 5.32 Å². The van der Waals surface area contributed by atoms with Crippen molar-refractivity contribution >= 4 is 35.1 Å². The third-order valence-electron chi connectivity index (χ3n) is 5.60. The number of carbonyl (C=O) groups is 3. The maximum absolute atomic E-state index is 13.2. The Morgan fingerprint density at radius 3 is 2.15 bits per heavy atom. The third kappa shape index (κ3) is 5.36. The lowest BCUT2D eigenvalue weighted by atomic mass is 9.93. The highest BCUT2D eigenvalue weighted by Gasteiger charge is 2.23. The predicted molar refractivity (Wildman–Crippen MR) is 132 cm³/mol. The molecule has 0 saturated carbocycles. The summed E-state index contributed by atoms with van der Waals surface area (Å²) in [7, 11) is 0. The zero-order valence-corrected chi connectivity index (χ0v) is 18.5. The number of anilines is 1. The first kappa shape index (κ1) is 24.4. The molecule has 4 aromatic carbocycles. The monoisotopic (exact) mass is 455 g/mol. The number of para-hydroxylation sites is 1. The van der Waals surface area contributed by atoms with Crippen LogP contribution in [0, 0.1) is 0 Å². The molecule has 0 bridgehead atoms. The van der Waals surface area contributed by atoms with Gasteiger partial charge in [0.2, 0.25) is 5.91 Å². The third-order valence-corrected chi connectivity index (χ3v) is 5.60. The molecule has 34 heavy (non-hydrogen) atoms. The van der Waals surface area contributed by atoms with E-state index in [0.717, 1.165) is 21.9 Å². The van der Waals surface area contributed by atoms with Crippen molar-refractivity contribution in [3.8, 4) is 0 Å². The molecule has 0 spiro atoms. The molecule has 0 aliphatic heterocycles. The first-order valence-corrected chi connectivity index (χ1v) is 10.7. The van der Waals surface area contributed by atoms with Gasteiger partial charge in [0, 0.05) is 12.1 Å². The van der Waals surface area contributed by atoms with Gasteiger partial charge in [0.15, 0.2) is 0 Å². The maximum Gasteiger partial charge on any atom is 0.335 e. The van der Waals surface area contributed by atoms with Gasteiger partial charge in [0.25, 0.3) is 0 Å². The van der Waals surface area contributed by atoms with Crippen molar-refractivity contribution in [3.05, 3.63) is 113 Å². The zero-order chi connectivity index (χ0) is 24.5. The number of aliphatic hydroxyl groups excluding tert-OH is 1. The zero-order valence-electron chi connectivity index (χ0n) is 18.5. The molecule has 1 atom stereocenters. The fourth-order valence-corrected chi connectivity index (χ4v) is 3.98. The van der Waals surface area contributed by atoms with Gasteiger partial charge in [-0.2, -0.15) is 0 Å². The molecule has 0 fully saturated rings. The molecule has 0 aromatic heterocycles. The lowest BCUT2D eigenvalue weighted by Gasteiger charge is -2.19. The van der Waals surface area contributed by atoms with Crippen molar-refractivity contribution in [1.29, 1.82) is 0 Å². The second-order valence-corrected chi connectivity index (χ2v) is 7.59. The fourth-order valence-electron chi connectivity index (χ4n) is 3.98. The van der Waals surface area contributed by atoms with Crippen molar-refractivity contribution in [3.63, 3.8) is 0 Å². The van der Waals surface area contributed by atoms with E-state index in [2.05, 4.69) is 5.32 Å². The van der Waals surface area contributed by atoms with Crippen LogP contribution in [-0.4, -0.2) is 35.5 Å². The molecule has 3 N–H and O–H groups in total. The Kier molecular flexibility index (Phi) is 8.26. The topological polar surface area (TPSA) is 104 Å². The van der Waals surface area contributed by atoms with Gasteiger partial charge in [-0.1, -0.05) is 78.9 Å². The number of carbonyl (C=O) groups excluding carboxylic acids is 2. The summed E-state index contributed by atoms with van der Waals surface area (Å²) in [5, 5.41) is 24.4. The summed E-state index contributed by atoms with van der Waals surface area (Å²) in [5.74, 6) is -2.04. The molecule has 4 rings (SSSR count). The first-order valence-electron chi connectivity index (χ1n) is 10.7. The Bertz CT molecular complexity index is 1300. The predicted octanol–water partition coefficient (Wildman–Crippen LogP) is 4.66. The maximum atomic E-state index is 13.2. The quantitative estimate of drug-likeness (QED) is 0.376. The minimum Gasteiger partial charge on any atom is -0.478 e. The molecule has 6 nitrogen and oxygen atoms in total. The average Bonchev–Trinajstić information content (AvgIpc) is 2.87. The van der Waals surface area contributed by atoms with Crippen LogP contribution >= 0.6 is 0 Å². The van der Waals surface area contributed by atoms with Crippen LogP contribution in [0.2, 0.25) is 0 Å². The van der Waals surface area contributed by atoms with Crippen LogP contribution in [0.5, 0.6) is 0 Å². The number of rotatable bonds is 7. The van der Waals surface area contributed by atoms with Gasteiger partial charge in [-0.15, -0.1) is 0 Å². The molecule has 1 unspecified atom stereocenters. The van der Waals surface area contributed by atoms with Crippen molar-refractivity contribution < 1.29 is 24.6 Å². The molecule has 0 aliphatic carbocycles. The number of fused-ring (bicyclic) bond motifs is 1. The van der Waals surface area contributed by atoms with Crippen molar-refractivity contribution in [2.24, 2.45) is 0 Å².